The SMILES string of the molecule is CC(=O)NCCCc1nnc(SCC(=O)c2ccc(-c3ccccc3)cc2)n1-c1ccc(C)cc1. The number of hydrogen-bond acceptors (Lipinski definition) is 5. The average Bonchev–Trinajstić information content (AvgIpc) is 3.29. The predicted molar refractivity (Wildman–Crippen MR) is 140 cm³/mol. The summed E-state index contributed by atoms with van der Waals surface area (Å²) in [4.78, 5) is 24.1. The number of hydrogen-bond donors (Lipinski definition) is 1. The quantitative estimate of drug-likeness (QED) is 0.188. The molecule has 1 aromatic heterocycles. The molecule has 0 saturated carbocycles. The number of nitrogens with one attached hydrogen (secondary N) is 1. The van der Waals surface area contributed by atoms with E-state index in [9.17, 15) is 9.59 Å². The van der Waals surface area contributed by atoms with E-state index >= 15 is 0 Å². The number of thioether (sulfide) groups is 1. The van der Waals surface area contributed by atoms with E-state index in [-0.39, 0.29) is 17.4 Å². The fourth-order valence-electron chi connectivity index (χ4n) is 3.71. The Morgan fingerprint density at radius 2 is 1.57 bits per heavy atom. The van der Waals surface area contributed by atoms with Crippen LogP contribution in [-0.4, -0.2) is 38.8 Å². The number of carbonyl (C=O) groups is 2. The molecule has 178 valence electrons. The third-order valence-electron chi connectivity index (χ3n) is 5.59. The Bertz CT molecular complexity index is 1280. The standard InChI is InChI=1S/C28H28N4O2S/c1-20-10-16-25(17-11-20)32-27(9-6-18-29-21(2)33)30-31-28(32)35-19-26(34)24-14-12-23(13-15-24)22-7-4-3-5-8-22/h3-5,7-8,10-17H,6,9,18-19H2,1-2H3,(H,29,33). The van der Waals surface area contributed by atoms with Gasteiger partial charge in [-0.3, -0.25) is 14.2 Å². The van der Waals surface area contributed by atoms with Crippen LogP contribution in [0.5, 0.6) is 0 Å². The molecule has 0 radical (unpaired) electrons. The Hall–Kier alpha value is -3.71. The van der Waals surface area contributed by atoms with Crippen molar-refractivity contribution < 1.29 is 9.59 Å². The third-order valence-corrected chi connectivity index (χ3v) is 6.52. The molecular formula is C28H28N4O2S. The highest BCUT2D eigenvalue weighted by Gasteiger charge is 2.16. The number of rotatable bonds is 10. The zero-order valence-electron chi connectivity index (χ0n) is 19.9. The summed E-state index contributed by atoms with van der Waals surface area (Å²) in [6, 6.07) is 26.0. The van der Waals surface area contributed by atoms with Gasteiger partial charge in [0.15, 0.2) is 10.9 Å². The molecule has 0 aliphatic carbocycles. The normalized spacial score (nSPS) is 10.8. The van der Waals surface area contributed by atoms with Gasteiger partial charge in [0, 0.05) is 31.1 Å². The summed E-state index contributed by atoms with van der Waals surface area (Å²) in [7, 11) is 0. The molecular weight excluding hydrogens is 456 g/mol. The molecule has 0 aliphatic rings. The molecule has 0 aliphatic heterocycles. The van der Waals surface area contributed by atoms with Gasteiger partial charge in [-0.2, -0.15) is 0 Å². The second-order valence-electron chi connectivity index (χ2n) is 8.31. The first-order valence-corrected chi connectivity index (χ1v) is 12.6. The number of benzene rings is 3. The van der Waals surface area contributed by atoms with Gasteiger partial charge in [-0.1, -0.05) is 84.1 Å². The molecule has 1 heterocycles. The number of Topliss-reactive ketones (excluding diaryl/α,β-unsaturated/α-hetero) is 1. The van der Waals surface area contributed by atoms with Gasteiger partial charge in [0.05, 0.1) is 5.75 Å². The minimum atomic E-state index is -0.0449. The minimum Gasteiger partial charge on any atom is -0.356 e. The van der Waals surface area contributed by atoms with Crippen LogP contribution in [0.15, 0.2) is 84.0 Å². The largest absolute Gasteiger partial charge is 0.356 e. The molecule has 0 fully saturated rings. The lowest BCUT2D eigenvalue weighted by molar-refractivity contribution is -0.118. The van der Waals surface area contributed by atoms with Crippen LogP contribution >= 0.6 is 11.8 Å². The lowest BCUT2D eigenvalue weighted by Gasteiger charge is -2.11. The number of aryl methyl sites for hydroxylation is 2. The zero-order valence-corrected chi connectivity index (χ0v) is 20.7. The summed E-state index contributed by atoms with van der Waals surface area (Å²) in [5, 5.41) is 12.3. The smallest absolute Gasteiger partial charge is 0.216 e. The summed E-state index contributed by atoms with van der Waals surface area (Å²) in [6.07, 6.45) is 1.41. The number of nitrogens with zero attached hydrogens (tertiary/aromatic N) is 3. The van der Waals surface area contributed by atoms with Gasteiger partial charge >= 0.3 is 0 Å². The van der Waals surface area contributed by atoms with Gasteiger partial charge in [-0.25, -0.2) is 0 Å². The van der Waals surface area contributed by atoms with Crippen LogP contribution in [0.1, 0.15) is 35.1 Å². The Morgan fingerprint density at radius 1 is 0.886 bits per heavy atom. The van der Waals surface area contributed by atoms with E-state index < -0.39 is 0 Å². The van der Waals surface area contributed by atoms with Crippen LogP contribution in [0.2, 0.25) is 0 Å². The molecule has 0 saturated heterocycles. The van der Waals surface area contributed by atoms with Crippen molar-refractivity contribution in [2.24, 2.45) is 0 Å². The Kier molecular flexibility index (Phi) is 8.11. The summed E-state index contributed by atoms with van der Waals surface area (Å²) >= 11 is 1.38. The van der Waals surface area contributed by atoms with Crippen molar-refractivity contribution in [2.45, 2.75) is 31.8 Å². The summed E-state index contributed by atoms with van der Waals surface area (Å²) in [6.45, 7) is 4.13. The Balaban J connectivity index is 1.47. The van der Waals surface area contributed by atoms with E-state index in [1.54, 1.807) is 0 Å². The first kappa shape index (κ1) is 24.4. The summed E-state index contributed by atoms with van der Waals surface area (Å²) < 4.78 is 2.00. The number of ketones is 1. The van der Waals surface area contributed by atoms with Crippen molar-refractivity contribution in [3.05, 3.63) is 95.8 Å². The molecule has 0 spiro atoms. The first-order chi connectivity index (χ1) is 17.0. The number of amides is 1. The minimum absolute atomic E-state index is 0.0419. The van der Waals surface area contributed by atoms with Crippen LogP contribution in [0.3, 0.4) is 0 Å². The highest BCUT2D eigenvalue weighted by molar-refractivity contribution is 7.99. The van der Waals surface area contributed by atoms with E-state index in [1.165, 1.54) is 18.7 Å². The van der Waals surface area contributed by atoms with Crippen LogP contribution in [-0.2, 0) is 11.2 Å². The molecule has 0 unspecified atom stereocenters. The van der Waals surface area contributed by atoms with Gasteiger partial charge in [-0.15, -0.1) is 10.2 Å². The van der Waals surface area contributed by atoms with Crippen molar-refractivity contribution in [3.63, 3.8) is 0 Å². The molecule has 0 atom stereocenters. The Morgan fingerprint density at radius 3 is 2.26 bits per heavy atom. The van der Waals surface area contributed by atoms with Gasteiger partial charge in [-0.05, 0) is 36.6 Å². The van der Waals surface area contributed by atoms with Crippen LogP contribution in [0.4, 0.5) is 0 Å². The molecule has 35 heavy (non-hydrogen) atoms. The van der Waals surface area contributed by atoms with Crippen LogP contribution < -0.4 is 5.32 Å². The van der Waals surface area contributed by atoms with Crippen LogP contribution in [0, 0.1) is 6.92 Å². The van der Waals surface area contributed by atoms with E-state index in [1.807, 2.05) is 78.2 Å². The molecule has 7 heteroatoms. The predicted octanol–water partition coefficient (Wildman–Crippen LogP) is 5.29. The molecule has 1 N–H and O–H groups in total. The van der Waals surface area contributed by atoms with Crippen molar-refractivity contribution in [3.8, 4) is 16.8 Å². The maximum Gasteiger partial charge on any atom is 0.216 e. The monoisotopic (exact) mass is 484 g/mol. The Labute approximate surface area is 209 Å². The summed E-state index contributed by atoms with van der Waals surface area (Å²) in [5.74, 6) is 1.07. The molecule has 6 nitrogen and oxygen atoms in total. The van der Waals surface area contributed by atoms with Crippen molar-refractivity contribution in [1.29, 1.82) is 0 Å². The van der Waals surface area contributed by atoms with E-state index in [4.69, 9.17) is 0 Å². The topological polar surface area (TPSA) is 76.9 Å². The van der Waals surface area contributed by atoms with Crippen molar-refractivity contribution in [1.82, 2.24) is 20.1 Å². The molecule has 1 amide bonds. The van der Waals surface area contributed by atoms with E-state index in [0.717, 1.165) is 34.6 Å². The van der Waals surface area contributed by atoms with Crippen molar-refractivity contribution in [2.75, 3.05) is 12.3 Å². The van der Waals surface area contributed by atoms with Gasteiger partial charge < -0.3 is 5.32 Å². The lowest BCUT2D eigenvalue weighted by atomic mass is 10.0. The highest BCUT2D eigenvalue weighted by atomic mass is 32.2. The molecule has 3 aromatic carbocycles. The fraction of sp³-hybridized carbons (Fsp3) is 0.214. The van der Waals surface area contributed by atoms with E-state index in [2.05, 4.69) is 27.6 Å². The van der Waals surface area contributed by atoms with Crippen LogP contribution in [0.25, 0.3) is 16.8 Å². The number of carbonyl (C=O) groups excluding carboxylic acids is 2. The highest BCUT2D eigenvalue weighted by Crippen LogP contribution is 2.25. The average molecular weight is 485 g/mol. The third kappa shape index (κ3) is 6.45. The molecule has 0 bridgehead atoms. The zero-order chi connectivity index (χ0) is 24.6. The maximum atomic E-state index is 12.9. The van der Waals surface area contributed by atoms with Gasteiger partial charge in [0.2, 0.25) is 5.91 Å². The summed E-state index contributed by atoms with van der Waals surface area (Å²) in [5.41, 5.74) is 5.00. The maximum absolute atomic E-state index is 12.9. The first-order valence-electron chi connectivity index (χ1n) is 11.6. The molecule has 4 aromatic rings. The second kappa shape index (κ2) is 11.6. The fourth-order valence-corrected chi connectivity index (χ4v) is 4.58. The van der Waals surface area contributed by atoms with Gasteiger partial charge in [0.1, 0.15) is 5.82 Å². The second-order valence-corrected chi connectivity index (χ2v) is 9.25. The molecule has 4 rings (SSSR count). The van der Waals surface area contributed by atoms with E-state index in [0.29, 0.717) is 23.7 Å². The van der Waals surface area contributed by atoms with Crippen molar-refractivity contribution >= 4 is 23.5 Å². The van der Waals surface area contributed by atoms with Gasteiger partial charge in [0.25, 0.3) is 0 Å². The lowest BCUT2D eigenvalue weighted by Crippen LogP contribution is -2.21. The number of aromatic nitrogens is 3.